The summed E-state index contributed by atoms with van der Waals surface area (Å²) < 4.78 is 5.91. The largest absolute Gasteiger partial charge is 0.490 e. The maximum absolute atomic E-state index is 11.9. The standard InChI is InChI=1S/C16H24N2O3/c1-16(2,11-19)18-15(20)17-12-6-5-9-14(10-12)21-13-7-3-4-8-13/h5-6,9-10,13,19H,3-4,7-8,11H2,1-2H3,(H2,17,18,20). The lowest BCUT2D eigenvalue weighted by Gasteiger charge is -2.23. The Hall–Kier alpha value is -1.75. The van der Waals surface area contributed by atoms with Crippen molar-refractivity contribution in [2.75, 3.05) is 11.9 Å². The van der Waals surface area contributed by atoms with Gasteiger partial charge < -0.3 is 20.5 Å². The van der Waals surface area contributed by atoms with Gasteiger partial charge in [-0.15, -0.1) is 0 Å². The summed E-state index contributed by atoms with van der Waals surface area (Å²) in [6.07, 6.45) is 4.94. The fourth-order valence-corrected chi connectivity index (χ4v) is 2.36. The van der Waals surface area contributed by atoms with Crippen molar-refractivity contribution >= 4 is 11.7 Å². The van der Waals surface area contributed by atoms with Crippen LogP contribution in [0.1, 0.15) is 39.5 Å². The number of rotatable bonds is 5. The van der Waals surface area contributed by atoms with Gasteiger partial charge in [-0.1, -0.05) is 6.07 Å². The normalized spacial score (nSPS) is 15.8. The molecule has 0 heterocycles. The van der Waals surface area contributed by atoms with Crippen molar-refractivity contribution in [1.82, 2.24) is 5.32 Å². The minimum Gasteiger partial charge on any atom is -0.490 e. The third-order valence-corrected chi connectivity index (χ3v) is 3.54. The van der Waals surface area contributed by atoms with E-state index < -0.39 is 5.54 Å². The number of anilines is 1. The maximum atomic E-state index is 11.9. The lowest BCUT2D eigenvalue weighted by Crippen LogP contribution is -2.48. The Morgan fingerprint density at radius 2 is 2.10 bits per heavy atom. The second-order valence-corrected chi connectivity index (χ2v) is 6.17. The van der Waals surface area contributed by atoms with Crippen LogP contribution in [-0.4, -0.2) is 29.4 Å². The molecule has 2 amide bonds. The number of carbonyl (C=O) groups is 1. The summed E-state index contributed by atoms with van der Waals surface area (Å²) in [5.74, 6) is 0.779. The molecule has 2 rings (SSSR count). The molecule has 3 N–H and O–H groups in total. The van der Waals surface area contributed by atoms with Crippen LogP contribution < -0.4 is 15.4 Å². The Bertz CT molecular complexity index is 482. The average molecular weight is 292 g/mol. The Kier molecular flexibility index (Phi) is 5.07. The van der Waals surface area contributed by atoms with Crippen molar-refractivity contribution in [3.05, 3.63) is 24.3 Å². The van der Waals surface area contributed by atoms with Gasteiger partial charge in [-0.25, -0.2) is 4.79 Å². The van der Waals surface area contributed by atoms with Gasteiger partial charge in [-0.3, -0.25) is 0 Å². The first kappa shape index (κ1) is 15.6. The number of aliphatic hydroxyl groups excluding tert-OH is 1. The smallest absolute Gasteiger partial charge is 0.319 e. The molecular formula is C16H24N2O3. The van der Waals surface area contributed by atoms with Crippen LogP contribution >= 0.6 is 0 Å². The summed E-state index contributed by atoms with van der Waals surface area (Å²) in [4.78, 5) is 11.9. The third kappa shape index (κ3) is 4.93. The van der Waals surface area contributed by atoms with Crippen molar-refractivity contribution in [3.63, 3.8) is 0 Å². The number of hydrogen-bond donors (Lipinski definition) is 3. The minimum absolute atomic E-state index is 0.120. The van der Waals surface area contributed by atoms with Crippen LogP contribution in [-0.2, 0) is 0 Å². The van der Waals surface area contributed by atoms with Gasteiger partial charge in [0.05, 0.1) is 18.2 Å². The summed E-state index contributed by atoms with van der Waals surface area (Å²) in [7, 11) is 0. The van der Waals surface area contributed by atoms with E-state index in [9.17, 15) is 4.79 Å². The molecule has 0 aromatic heterocycles. The molecule has 0 saturated heterocycles. The van der Waals surface area contributed by atoms with Crippen LogP contribution in [0, 0.1) is 0 Å². The summed E-state index contributed by atoms with van der Waals surface area (Å²) in [6, 6.07) is 7.06. The monoisotopic (exact) mass is 292 g/mol. The van der Waals surface area contributed by atoms with Crippen molar-refractivity contribution in [2.24, 2.45) is 0 Å². The number of urea groups is 1. The summed E-state index contributed by atoms with van der Waals surface area (Å²) >= 11 is 0. The van der Waals surface area contributed by atoms with Crippen LogP contribution in [0.5, 0.6) is 5.75 Å². The number of amides is 2. The zero-order valence-corrected chi connectivity index (χ0v) is 12.7. The fraction of sp³-hybridized carbons (Fsp3) is 0.562. The van der Waals surface area contributed by atoms with E-state index in [1.807, 2.05) is 24.3 Å². The topological polar surface area (TPSA) is 70.6 Å². The average Bonchev–Trinajstić information content (AvgIpc) is 2.91. The van der Waals surface area contributed by atoms with Gasteiger partial charge >= 0.3 is 6.03 Å². The Balaban J connectivity index is 1.92. The number of benzene rings is 1. The van der Waals surface area contributed by atoms with Gasteiger partial charge in [-0.05, 0) is 51.7 Å². The Labute approximate surface area is 125 Å². The predicted molar refractivity (Wildman–Crippen MR) is 82.6 cm³/mol. The first-order valence-corrected chi connectivity index (χ1v) is 7.45. The Morgan fingerprint density at radius 3 is 2.76 bits per heavy atom. The molecule has 0 radical (unpaired) electrons. The van der Waals surface area contributed by atoms with Crippen LogP contribution in [0.2, 0.25) is 0 Å². The van der Waals surface area contributed by atoms with Crippen LogP contribution in [0.25, 0.3) is 0 Å². The second kappa shape index (κ2) is 6.80. The van der Waals surface area contributed by atoms with Crippen LogP contribution in [0.3, 0.4) is 0 Å². The lowest BCUT2D eigenvalue weighted by atomic mass is 10.1. The zero-order chi connectivity index (χ0) is 15.3. The summed E-state index contributed by atoms with van der Waals surface area (Å²) in [5, 5.41) is 14.6. The predicted octanol–water partition coefficient (Wildman–Crippen LogP) is 2.90. The fourth-order valence-electron chi connectivity index (χ4n) is 2.36. The number of aliphatic hydroxyl groups is 1. The molecule has 1 aromatic carbocycles. The summed E-state index contributed by atoms with van der Waals surface area (Å²) in [5.41, 5.74) is 0.0268. The highest BCUT2D eigenvalue weighted by molar-refractivity contribution is 5.89. The first-order chi connectivity index (χ1) is 9.98. The van der Waals surface area contributed by atoms with Gasteiger partial charge in [0.1, 0.15) is 5.75 Å². The molecule has 5 nitrogen and oxygen atoms in total. The van der Waals surface area contributed by atoms with Crippen molar-refractivity contribution in [1.29, 1.82) is 0 Å². The van der Waals surface area contributed by atoms with E-state index in [1.165, 1.54) is 12.8 Å². The minimum atomic E-state index is -0.651. The molecule has 5 heteroatoms. The molecule has 0 atom stereocenters. The molecule has 21 heavy (non-hydrogen) atoms. The van der Waals surface area contributed by atoms with E-state index in [1.54, 1.807) is 13.8 Å². The molecule has 1 fully saturated rings. The molecule has 1 aliphatic carbocycles. The van der Waals surface area contributed by atoms with E-state index >= 15 is 0 Å². The molecule has 116 valence electrons. The van der Waals surface area contributed by atoms with E-state index in [-0.39, 0.29) is 12.6 Å². The van der Waals surface area contributed by atoms with Crippen molar-refractivity contribution in [3.8, 4) is 5.75 Å². The quantitative estimate of drug-likeness (QED) is 0.781. The highest BCUT2D eigenvalue weighted by Gasteiger charge is 2.19. The number of ether oxygens (including phenoxy) is 1. The van der Waals surface area contributed by atoms with E-state index in [0.29, 0.717) is 11.8 Å². The van der Waals surface area contributed by atoms with Gasteiger partial charge in [0.2, 0.25) is 0 Å². The van der Waals surface area contributed by atoms with Gasteiger partial charge in [0.15, 0.2) is 0 Å². The van der Waals surface area contributed by atoms with Crippen molar-refractivity contribution < 1.29 is 14.6 Å². The second-order valence-electron chi connectivity index (χ2n) is 6.17. The number of nitrogens with one attached hydrogen (secondary N) is 2. The highest BCUT2D eigenvalue weighted by Crippen LogP contribution is 2.25. The zero-order valence-electron chi connectivity index (χ0n) is 12.7. The molecular weight excluding hydrogens is 268 g/mol. The summed E-state index contributed by atoms with van der Waals surface area (Å²) in [6.45, 7) is 3.39. The molecule has 0 spiro atoms. The third-order valence-electron chi connectivity index (χ3n) is 3.54. The van der Waals surface area contributed by atoms with Gasteiger partial charge in [-0.2, -0.15) is 0 Å². The molecule has 0 unspecified atom stereocenters. The van der Waals surface area contributed by atoms with E-state index in [2.05, 4.69) is 10.6 Å². The van der Waals surface area contributed by atoms with Crippen LogP contribution in [0.4, 0.5) is 10.5 Å². The van der Waals surface area contributed by atoms with E-state index in [4.69, 9.17) is 9.84 Å². The molecule has 1 aromatic rings. The molecule has 0 bridgehead atoms. The number of hydrogen-bond acceptors (Lipinski definition) is 3. The maximum Gasteiger partial charge on any atom is 0.319 e. The Morgan fingerprint density at radius 1 is 1.38 bits per heavy atom. The lowest BCUT2D eigenvalue weighted by molar-refractivity contribution is 0.187. The first-order valence-electron chi connectivity index (χ1n) is 7.45. The highest BCUT2D eigenvalue weighted by atomic mass is 16.5. The molecule has 1 saturated carbocycles. The molecule has 1 aliphatic rings. The van der Waals surface area contributed by atoms with Gasteiger partial charge in [0.25, 0.3) is 0 Å². The van der Waals surface area contributed by atoms with Crippen LogP contribution in [0.15, 0.2) is 24.3 Å². The van der Waals surface area contributed by atoms with Crippen molar-refractivity contribution in [2.45, 2.75) is 51.2 Å². The number of carbonyl (C=O) groups excluding carboxylic acids is 1. The SMILES string of the molecule is CC(C)(CO)NC(=O)Nc1cccc(OC2CCCC2)c1. The molecule has 0 aliphatic heterocycles. The van der Waals surface area contributed by atoms with Gasteiger partial charge in [0, 0.05) is 11.8 Å². The van der Waals surface area contributed by atoms with E-state index in [0.717, 1.165) is 18.6 Å².